The lowest BCUT2D eigenvalue weighted by atomic mass is 9.97. The van der Waals surface area contributed by atoms with Crippen molar-refractivity contribution < 1.29 is 9.47 Å². The van der Waals surface area contributed by atoms with Gasteiger partial charge in [0.1, 0.15) is 0 Å². The van der Waals surface area contributed by atoms with E-state index in [1.54, 1.807) is 0 Å². The lowest BCUT2D eigenvalue weighted by molar-refractivity contribution is -0.0378. The largest absolute Gasteiger partial charge is 0.378 e. The summed E-state index contributed by atoms with van der Waals surface area (Å²) < 4.78 is 11.1. The maximum absolute atomic E-state index is 5.74. The van der Waals surface area contributed by atoms with Crippen molar-refractivity contribution >= 4 is 0 Å². The number of allylic oxidation sites excluding steroid dienone is 1. The van der Waals surface area contributed by atoms with Crippen molar-refractivity contribution in [3.05, 3.63) is 12.2 Å². The van der Waals surface area contributed by atoms with E-state index < -0.39 is 0 Å². The van der Waals surface area contributed by atoms with Crippen molar-refractivity contribution in [2.75, 3.05) is 19.8 Å². The highest BCUT2D eigenvalue weighted by atomic mass is 16.6. The molecule has 2 nitrogen and oxygen atoms in total. The molecule has 1 spiro atoms. The van der Waals surface area contributed by atoms with Crippen LogP contribution in [-0.2, 0) is 9.47 Å². The van der Waals surface area contributed by atoms with Crippen LogP contribution in [0.5, 0.6) is 0 Å². The molecule has 2 aliphatic rings. The Morgan fingerprint density at radius 1 is 1.18 bits per heavy atom. The molecular formula is C9H14O2. The molecule has 0 aliphatic carbocycles. The molecule has 0 radical (unpaired) electrons. The molecular weight excluding hydrogens is 140 g/mol. The van der Waals surface area contributed by atoms with Crippen LogP contribution in [0.15, 0.2) is 12.2 Å². The molecule has 0 aromatic carbocycles. The summed E-state index contributed by atoms with van der Waals surface area (Å²) in [5.74, 6) is 0. The van der Waals surface area contributed by atoms with Crippen LogP contribution >= 0.6 is 0 Å². The maximum Gasteiger partial charge on any atom is 0.0943 e. The predicted octanol–water partition coefficient (Wildman–Crippen LogP) is 1.51. The van der Waals surface area contributed by atoms with Crippen LogP contribution in [0.4, 0.5) is 0 Å². The zero-order valence-electron chi connectivity index (χ0n) is 6.71. The Bertz CT molecular complexity index is 145. The van der Waals surface area contributed by atoms with Crippen molar-refractivity contribution in [2.24, 2.45) is 0 Å². The van der Waals surface area contributed by atoms with Gasteiger partial charge in [-0.2, -0.15) is 0 Å². The Morgan fingerprint density at radius 3 is 3.00 bits per heavy atom. The summed E-state index contributed by atoms with van der Waals surface area (Å²) in [6, 6.07) is 0. The molecule has 0 saturated carbocycles. The molecule has 2 aliphatic heterocycles. The summed E-state index contributed by atoms with van der Waals surface area (Å²) in [4.78, 5) is 0. The molecule has 0 aromatic rings. The second-order valence-corrected chi connectivity index (χ2v) is 3.31. The van der Waals surface area contributed by atoms with Crippen LogP contribution in [-0.4, -0.2) is 25.4 Å². The highest BCUT2D eigenvalue weighted by Crippen LogP contribution is 2.29. The average Bonchev–Trinajstić information content (AvgIpc) is 2.32. The van der Waals surface area contributed by atoms with Crippen molar-refractivity contribution in [2.45, 2.75) is 24.9 Å². The predicted molar refractivity (Wildman–Crippen MR) is 42.5 cm³/mol. The Balaban J connectivity index is 2.01. The fraction of sp³-hybridized carbons (Fsp3) is 0.778. The van der Waals surface area contributed by atoms with E-state index in [1.165, 1.54) is 0 Å². The number of hydrogen-bond acceptors (Lipinski definition) is 2. The van der Waals surface area contributed by atoms with Crippen LogP contribution in [0.1, 0.15) is 19.3 Å². The minimum Gasteiger partial charge on any atom is -0.378 e. The SMILES string of the molecule is C1=CCOC2(CC1)CCOC2. The van der Waals surface area contributed by atoms with Gasteiger partial charge in [0.05, 0.1) is 18.8 Å². The zero-order valence-corrected chi connectivity index (χ0v) is 6.71. The van der Waals surface area contributed by atoms with Gasteiger partial charge in [0.25, 0.3) is 0 Å². The Kier molecular flexibility index (Phi) is 1.96. The molecule has 11 heavy (non-hydrogen) atoms. The number of hydrogen-bond donors (Lipinski definition) is 0. The first-order chi connectivity index (χ1) is 5.41. The number of ether oxygens (including phenoxy) is 2. The summed E-state index contributed by atoms with van der Waals surface area (Å²) in [7, 11) is 0. The maximum atomic E-state index is 5.74. The Labute approximate surface area is 67.2 Å². The van der Waals surface area contributed by atoms with Gasteiger partial charge in [0.15, 0.2) is 0 Å². The Morgan fingerprint density at radius 2 is 2.18 bits per heavy atom. The van der Waals surface area contributed by atoms with Crippen LogP contribution < -0.4 is 0 Å². The molecule has 2 heterocycles. The van der Waals surface area contributed by atoms with Gasteiger partial charge in [-0.05, 0) is 12.8 Å². The van der Waals surface area contributed by atoms with E-state index in [-0.39, 0.29) is 5.60 Å². The molecule has 0 bridgehead atoms. The summed E-state index contributed by atoms with van der Waals surface area (Å²) in [5.41, 5.74) is 0.0729. The van der Waals surface area contributed by atoms with Gasteiger partial charge in [-0.1, -0.05) is 12.2 Å². The third-order valence-electron chi connectivity index (χ3n) is 2.49. The van der Waals surface area contributed by atoms with E-state index >= 15 is 0 Å². The first kappa shape index (κ1) is 7.32. The van der Waals surface area contributed by atoms with Crippen molar-refractivity contribution in [3.63, 3.8) is 0 Å². The van der Waals surface area contributed by atoms with E-state index in [9.17, 15) is 0 Å². The van der Waals surface area contributed by atoms with Crippen molar-refractivity contribution in [1.82, 2.24) is 0 Å². The summed E-state index contributed by atoms with van der Waals surface area (Å²) in [6.07, 6.45) is 7.65. The van der Waals surface area contributed by atoms with Crippen LogP contribution in [0.3, 0.4) is 0 Å². The summed E-state index contributed by atoms with van der Waals surface area (Å²) in [5, 5.41) is 0. The van der Waals surface area contributed by atoms with E-state index in [1.807, 2.05) is 0 Å². The van der Waals surface area contributed by atoms with Gasteiger partial charge in [-0.25, -0.2) is 0 Å². The molecule has 0 aromatic heterocycles. The first-order valence-electron chi connectivity index (χ1n) is 4.28. The lowest BCUT2D eigenvalue weighted by Crippen LogP contribution is -2.32. The van der Waals surface area contributed by atoms with E-state index in [4.69, 9.17) is 9.47 Å². The molecule has 62 valence electrons. The van der Waals surface area contributed by atoms with Crippen LogP contribution in [0.25, 0.3) is 0 Å². The Hall–Kier alpha value is -0.340. The quantitative estimate of drug-likeness (QED) is 0.492. The average molecular weight is 154 g/mol. The van der Waals surface area contributed by atoms with Crippen LogP contribution in [0.2, 0.25) is 0 Å². The third kappa shape index (κ3) is 1.47. The van der Waals surface area contributed by atoms with Gasteiger partial charge in [0.2, 0.25) is 0 Å². The second-order valence-electron chi connectivity index (χ2n) is 3.31. The highest BCUT2D eigenvalue weighted by Gasteiger charge is 2.35. The fourth-order valence-electron chi connectivity index (χ4n) is 1.73. The van der Waals surface area contributed by atoms with Gasteiger partial charge in [-0.15, -0.1) is 0 Å². The van der Waals surface area contributed by atoms with Crippen LogP contribution in [0, 0.1) is 0 Å². The molecule has 1 fully saturated rings. The van der Waals surface area contributed by atoms with Crippen molar-refractivity contribution in [3.8, 4) is 0 Å². The molecule has 1 unspecified atom stereocenters. The summed E-state index contributed by atoms with van der Waals surface area (Å²) >= 11 is 0. The van der Waals surface area contributed by atoms with Gasteiger partial charge < -0.3 is 9.47 Å². The molecule has 2 heteroatoms. The fourth-order valence-corrected chi connectivity index (χ4v) is 1.73. The van der Waals surface area contributed by atoms with Crippen molar-refractivity contribution in [1.29, 1.82) is 0 Å². The van der Waals surface area contributed by atoms with E-state index in [2.05, 4.69) is 12.2 Å². The second kappa shape index (κ2) is 2.95. The normalized spacial score (nSPS) is 37.8. The minimum absolute atomic E-state index is 0.0729. The van der Waals surface area contributed by atoms with Gasteiger partial charge in [-0.3, -0.25) is 0 Å². The standard InChI is InChI=1S/C9H14O2/c1-2-4-9(11-6-3-1)5-7-10-8-9/h1,3H,2,4-8H2. The molecule has 0 amide bonds. The third-order valence-corrected chi connectivity index (χ3v) is 2.49. The molecule has 0 N–H and O–H groups in total. The lowest BCUT2D eigenvalue weighted by Gasteiger charge is -2.25. The topological polar surface area (TPSA) is 18.5 Å². The van der Waals surface area contributed by atoms with E-state index in [0.29, 0.717) is 0 Å². The molecule has 1 atom stereocenters. The summed E-state index contributed by atoms with van der Waals surface area (Å²) in [6.45, 7) is 2.44. The minimum atomic E-state index is 0.0729. The first-order valence-corrected chi connectivity index (χ1v) is 4.28. The molecule has 2 rings (SSSR count). The zero-order chi connectivity index (χ0) is 7.57. The molecule has 1 saturated heterocycles. The monoisotopic (exact) mass is 154 g/mol. The van der Waals surface area contributed by atoms with Gasteiger partial charge >= 0.3 is 0 Å². The van der Waals surface area contributed by atoms with E-state index in [0.717, 1.165) is 39.1 Å². The highest BCUT2D eigenvalue weighted by molar-refractivity contribution is 4.94. The number of rotatable bonds is 0. The smallest absolute Gasteiger partial charge is 0.0943 e. The van der Waals surface area contributed by atoms with Gasteiger partial charge in [0, 0.05) is 13.0 Å².